The molecular weight excluding hydrogens is 372 g/mol. The molecule has 2 aromatic rings. The van der Waals surface area contributed by atoms with E-state index >= 15 is 0 Å². The van der Waals surface area contributed by atoms with Gasteiger partial charge in [-0.3, -0.25) is 4.79 Å². The molecule has 0 radical (unpaired) electrons. The van der Waals surface area contributed by atoms with Crippen LogP contribution >= 0.6 is 0 Å². The van der Waals surface area contributed by atoms with Crippen molar-refractivity contribution in [3.63, 3.8) is 0 Å². The lowest BCUT2D eigenvalue weighted by molar-refractivity contribution is -0.121. The van der Waals surface area contributed by atoms with Crippen LogP contribution < -0.4 is 27.1 Å². The Balaban J connectivity index is 2.16. The molecule has 1 amide bonds. The van der Waals surface area contributed by atoms with E-state index in [1.54, 1.807) is 6.20 Å². The summed E-state index contributed by atoms with van der Waals surface area (Å²) in [6.07, 6.45) is 6.41. The molecule has 0 saturated carbocycles. The lowest BCUT2D eigenvalue weighted by Gasteiger charge is -2.16. The Kier molecular flexibility index (Phi) is 8.93. The average molecular weight is 409 g/mol. The Bertz CT molecular complexity index is 989. The predicted octanol–water partition coefficient (Wildman–Crippen LogP) is 2.84. The highest BCUT2D eigenvalue weighted by Gasteiger charge is 2.14. The number of carbonyl (C=O) groups excluding carboxylic acids is 1. The van der Waals surface area contributed by atoms with Gasteiger partial charge in [-0.25, -0.2) is 0 Å². The monoisotopic (exact) mass is 408 g/mol. The van der Waals surface area contributed by atoms with Crippen LogP contribution in [0.25, 0.3) is 23.9 Å². The van der Waals surface area contributed by atoms with Crippen LogP contribution in [0.2, 0.25) is 0 Å². The molecule has 5 heteroatoms. The molecule has 0 fully saturated rings. The molecule has 30 heavy (non-hydrogen) atoms. The maximum Gasteiger partial charge on any atom is 0.220 e. The normalized spacial score (nSPS) is 11.9. The molecule has 0 aliphatic heterocycles. The maximum absolute atomic E-state index is 12.2. The molecule has 1 unspecified atom stereocenters. The van der Waals surface area contributed by atoms with Crippen molar-refractivity contribution in [1.82, 2.24) is 15.2 Å². The van der Waals surface area contributed by atoms with E-state index in [1.807, 2.05) is 6.07 Å². The number of fused-ring (bicyclic) bond motifs is 1. The molecular formula is C25H36N4O. The first-order valence-corrected chi connectivity index (χ1v) is 10.7. The van der Waals surface area contributed by atoms with Gasteiger partial charge in [0.1, 0.15) is 0 Å². The fraction of sp³-hybridized carbons (Fsp3) is 0.400. The average Bonchev–Trinajstić information content (AvgIpc) is 2.99. The maximum atomic E-state index is 12.2. The number of allylic oxidation sites excluding steroid dienone is 1. The summed E-state index contributed by atoms with van der Waals surface area (Å²) >= 11 is 0. The highest BCUT2D eigenvalue weighted by Crippen LogP contribution is 2.18. The number of aromatic nitrogens is 1. The van der Waals surface area contributed by atoms with E-state index in [4.69, 9.17) is 5.73 Å². The Hall–Kier alpha value is -2.79. The van der Waals surface area contributed by atoms with Crippen molar-refractivity contribution in [1.29, 1.82) is 0 Å². The van der Waals surface area contributed by atoms with Crippen LogP contribution in [0.1, 0.15) is 50.6 Å². The first kappa shape index (κ1) is 23.5. The first-order valence-electron chi connectivity index (χ1n) is 10.7. The third-order valence-electron chi connectivity index (χ3n) is 5.52. The zero-order chi connectivity index (χ0) is 22.1. The van der Waals surface area contributed by atoms with E-state index < -0.39 is 0 Å². The topological polar surface area (TPSA) is 72.1 Å². The molecule has 0 saturated heterocycles. The number of hydrogen-bond acceptors (Lipinski definition) is 3. The van der Waals surface area contributed by atoms with E-state index in [0.29, 0.717) is 25.9 Å². The smallest absolute Gasteiger partial charge is 0.220 e. The van der Waals surface area contributed by atoms with Gasteiger partial charge in [0.05, 0.1) is 0 Å². The SMILES string of the molecule is C=CNC(=C)CCC(C)n1c(=C)c2cccc(CCC(=O)NCCCCN)c2c1=C. The second kappa shape index (κ2) is 11.4. The number of aryl methyl sites for hydroxylation is 1. The van der Waals surface area contributed by atoms with E-state index in [1.165, 1.54) is 0 Å². The second-order valence-corrected chi connectivity index (χ2v) is 7.79. The number of hydrogen-bond donors (Lipinski definition) is 3. The lowest BCUT2D eigenvalue weighted by Crippen LogP contribution is -2.28. The van der Waals surface area contributed by atoms with Crippen LogP contribution in [0.15, 0.2) is 43.3 Å². The minimum Gasteiger partial charge on any atom is -0.366 e. The number of nitrogens with zero attached hydrogens (tertiary/aromatic N) is 1. The molecule has 2 rings (SSSR count). The van der Waals surface area contributed by atoms with Gasteiger partial charge in [-0.1, -0.05) is 44.5 Å². The molecule has 0 aliphatic rings. The quantitative estimate of drug-likeness (QED) is 0.446. The summed E-state index contributed by atoms with van der Waals surface area (Å²) in [6, 6.07) is 6.45. The Morgan fingerprint density at radius 1 is 1.23 bits per heavy atom. The molecule has 1 aromatic heterocycles. The zero-order valence-electron chi connectivity index (χ0n) is 18.3. The van der Waals surface area contributed by atoms with Crippen molar-refractivity contribution in [2.75, 3.05) is 13.1 Å². The molecule has 1 heterocycles. The van der Waals surface area contributed by atoms with Crippen molar-refractivity contribution < 1.29 is 4.79 Å². The molecule has 5 nitrogen and oxygen atoms in total. The largest absolute Gasteiger partial charge is 0.366 e. The summed E-state index contributed by atoms with van der Waals surface area (Å²) in [6.45, 7) is 19.9. The number of unbranched alkanes of at least 4 members (excludes halogenated alkanes) is 1. The van der Waals surface area contributed by atoms with Gasteiger partial charge in [-0.15, -0.1) is 0 Å². The van der Waals surface area contributed by atoms with Gasteiger partial charge in [-0.05, 0) is 57.3 Å². The van der Waals surface area contributed by atoms with Crippen LogP contribution in [0.5, 0.6) is 0 Å². The predicted molar refractivity (Wildman–Crippen MR) is 128 cm³/mol. The van der Waals surface area contributed by atoms with Gasteiger partial charge in [0.25, 0.3) is 0 Å². The van der Waals surface area contributed by atoms with Crippen LogP contribution in [0, 0.1) is 0 Å². The fourth-order valence-corrected chi connectivity index (χ4v) is 3.90. The standard InChI is InChI=1S/C25H36N4O/c1-6-27-18(2)12-13-19(3)29-20(4)23-11-9-10-22(25(23)21(29)5)14-15-24(30)28-17-8-7-16-26/h6,9-11,19,27H,1-2,4-5,7-8,12-17,26H2,3H3,(H,28,30). The van der Waals surface area contributed by atoms with Crippen LogP contribution in [0.4, 0.5) is 0 Å². The molecule has 0 aliphatic carbocycles. The zero-order valence-corrected chi connectivity index (χ0v) is 18.3. The van der Waals surface area contributed by atoms with Crippen LogP contribution in [-0.4, -0.2) is 23.6 Å². The minimum absolute atomic E-state index is 0.0746. The highest BCUT2D eigenvalue weighted by molar-refractivity contribution is 5.87. The number of benzene rings is 1. The number of carbonyl (C=O) groups is 1. The third-order valence-corrected chi connectivity index (χ3v) is 5.52. The number of nitrogens with one attached hydrogen (secondary N) is 2. The summed E-state index contributed by atoms with van der Waals surface area (Å²) in [4.78, 5) is 12.2. The van der Waals surface area contributed by atoms with Crippen molar-refractivity contribution in [3.8, 4) is 0 Å². The van der Waals surface area contributed by atoms with Crippen molar-refractivity contribution >= 4 is 29.8 Å². The molecule has 4 N–H and O–H groups in total. The Morgan fingerprint density at radius 3 is 2.70 bits per heavy atom. The van der Waals surface area contributed by atoms with Crippen LogP contribution in [0.3, 0.4) is 0 Å². The van der Waals surface area contributed by atoms with E-state index in [9.17, 15) is 4.79 Å². The first-order chi connectivity index (χ1) is 14.4. The summed E-state index contributed by atoms with van der Waals surface area (Å²) in [5.74, 6) is 0.0746. The Morgan fingerprint density at radius 2 is 2.00 bits per heavy atom. The fourth-order valence-electron chi connectivity index (χ4n) is 3.90. The van der Waals surface area contributed by atoms with Gasteiger partial charge in [-0.2, -0.15) is 0 Å². The third kappa shape index (κ3) is 5.86. The van der Waals surface area contributed by atoms with Gasteiger partial charge in [0, 0.05) is 46.2 Å². The molecule has 162 valence electrons. The van der Waals surface area contributed by atoms with Gasteiger partial charge in [0.15, 0.2) is 0 Å². The van der Waals surface area contributed by atoms with Crippen LogP contribution in [-0.2, 0) is 11.2 Å². The van der Waals surface area contributed by atoms with E-state index in [-0.39, 0.29) is 11.9 Å². The molecule has 1 aromatic carbocycles. The summed E-state index contributed by atoms with van der Waals surface area (Å²) in [5, 5.41) is 10.2. The summed E-state index contributed by atoms with van der Waals surface area (Å²) in [5.41, 5.74) is 7.58. The number of nitrogens with two attached hydrogens (primary N) is 1. The van der Waals surface area contributed by atoms with Crippen molar-refractivity contribution in [2.45, 2.75) is 51.5 Å². The van der Waals surface area contributed by atoms with Gasteiger partial charge >= 0.3 is 0 Å². The lowest BCUT2D eigenvalue weighted by atomic mass is 10.0. The summed E-state index contributed by atoms with van der Waals surface area (Å²) < 4.78 is 2.21. The molecule has 0 bridgehead atoms. The number of rotatable bonds is 13. The van der Waals surface area contributed by atoms with Gasteiger partial charge < -0.3 is 20.9 Å². The Labute approximate surface area is 180 Å². The molecule has 1 atom stereocenters. The van der Waals surface area contributed by atoms with Gasteiger partial charge in [0.2, 0.25) is 5.91 Å². The highest BCUT2D eigenvalue weighted by atomic mass is 16.1. The summed E-state index contributed by atoms with van der Waals surface area (Å²) in [7, 11) is 0. The van der Waals surface area contributed by atoms with Crippen molar-refractivity contribution in [3.05, 3.63) is 59.5 Å². The molecule has 0 spiro atoms. The van der Waals surface area contributed by atoms with E-state index in [2.05, 4.69) is 60.6 Å². The van der Waals surface area contributed by atoms with E-state index in [0.717, 1.165) is 58.4 Å². The van der Waals surface area contributed by atoms with Crippen molar-refractivity contribution in [2.24, 2.45) is 5.73 Å². The minimum atomic E-state index is 0.0746. The number of amides is 1. The second-order valence-electron chi connectivity index (χ2n) is 7.79.